The fourth-order valence-corrected chi connectivity index (χ4v) is 3.02. The quantitative estimate of drug-likeness (QED) is 0.743. The van der Waals surface area contributed by atoms with Crippen molar-refractivity contribution in [2.75, 3.05) is 26.8 Å². The Bertz CT molecular complexity index is 556. The molecule has 1 atom stereocenters. The van der Waals surface area contributed by atoms with Crippen LogP contribution in [0.1, 0.15) is 17.0 Å². The maximum atomic E-state index is 5.09. The summed E-state index contributed by atoms with van der Waals surface area (Å²) in [6.07, 6.45) is 4.99. The van der Waals surface area contributed by atoms with Crippen LogP contribution in [0.4, 0.5) is 0 Å². The monoisotopic (exact) mass is 351 g/mol. The summed E-state index contributed by atoms with van der Waals surface area (Å²) in [5, 5.41) is 7.73. The summed E-state index contributed by atoms with van der Waals surface area (Å²) in [6, 6.07) is 8.42. The number of aryl methyl sites for hydroxylation is 1. The molecular weight excluding hydrogens is 330 g/mol. The van der Waals surface area contributed by atoms with Crippen molar-refractivity contribution in [1.29, 1.82) is 0 Å². The number of aromatic nitrogens is 2. The van der Waals surface area contributed by atoms with Crippen molar-refractivity contribution in [3.8, 4) is 0 Å². The Morgan fingerprint density at radius 2 is 2.19 bits per heavy atom. The Kier molecular flexibility index (Phi) is 6.42. The van der Waals surface area contributed by atoms with Crippen molar-refractivity contribution >= 4 is 15.9 Å². The highest BCUT2D eigenvalue weighted by atomic mass is 79.9. The molecule has 4 nitrogen and oxygen atoms in total. The van der Waals surface area contributed by atoms with Gasteiger partial charge in [0.2, 0.25) is 0 Å². The molecule has 1 aromatic carbocycles. The topological polar surface area (TPSA) is 39.1 Å². The van der Waals surface area contributed by atoms with Crippen LogP contribution in [0, 0.1) is 0 Å². The number of hydrogen-bond donors (Lipinski definition) is 1. The molecule has 0 aliphatic rings. The fourth-order valence-electron chi connectivity index (χ4n) is 2.41. The van der Waals surface area contributed by atoms with E-state index in [0.29, 0.717) is 5.92 Å². The molecule has 0 aliphatic heterocycles. The number of ether oxygens (including phenoxy) is 1. The van der Waals surface area contributed by atoms with E-state index in [1.54, 1.807) is 7.11 Å². The van der Waals surface area contributed by atoms with Crippen LogP contribution in [0.15, 0.2) is 41.1 Å². The maximum Gasteiger partial charge on any atom is 0.0587 e. The Balaban J connectivity index is 2.08. The SMILES string of the molecule is COCCNCC(Cc1cnn(C)c1)c1ccccc1Br. The first-order valence-electron chi connectivity index (χ1n) is 7.12. The first-order chi connectivity index (χ1) is 10.2. The lowest BCUT2D eigenvalue weighted by Crippen LogP contribution is -2.26. The van der Waals surface area contributed by atoms with E-state index in [1.807, 2.05) is 24.0 Å². The minimum atomic E-state index is 0.404. The van der Waals surface area contributed by atoms with Gasteiger partial charge in [-0.25, -0.2) is 0 Å². The highest BCUT2D eigenvalue weighted by molar-refractivity contribution is 9.10. The molecule has 0 radical (unpaired) electrons. The molecule has 1 unspecified atom stereocenters. The lowest BCUT2D eigenvalue weighted by molar-refractivity contribution is 0.199. The van der Waals surface area contributed by atoms with E-state index in [0.717, 1.165) is 30.6 Å². The van der Waals surface area contributed by atoms with Gasteiger partial charge >= 0.3 is 0 Å². The second-order valence-corrected chi connectivity index (χ2v) is 6.00. The van der Waals surface area contributed by atoms with Crippen LogP contribution < -0.4 is 5.32 Å². The van der Waals surface area contributed by atoms with Crippen molar-refractivity contribution in [2.45, 2.75) is 12.3 Å². The summed E-state index contributed by atoms with van der Waals surface area (Å²) in [5.41, 5.74) is 2.58. The van der Waals surface area contributed by atoms with Gasteiger partial charge in [-0.2, -0.15) is 5.10 Å². The van der Waals surface area contributed by atoms with Gasteiger partial charge in [-0.3, -0.25) is 4.68 Å². The highest BCUT2D eigenvalue weighted by Gasteiger charge is 2.15. The number of hydrogen-bond acceptors (Lipinski definition) is 3. The predicted octanol–water partition coefficient (Wildman–Crippen LogP) is 2.74. The molecule has 0 spiro atoms. The Morgan fingerprint density at radius 1 is 1.38 bits per heavy atom. The molecule has 1 heterocycles. The molecular formula is C16H22BrN3O. The third-order valence-corrected chi connectivity index (χ3v) is 4.18. The van der Waals surface area contributed by atoms with Crippen LogP contribution in [-0.4, -0.2) is 36.6 Å². The molecule has 0 fully saturated rings. The van der Waals surface area contributed by atoms with Crippen LogP contribution >= 0.6 is 15.9 Å². The molecule has 2 aromatic rings. The smallest absolute Gasteiger partial charge is 0.0587 e. The van der Waals surface area contributed by atoms with Crippen molar-refractivity contribution in [3.63, 3.8) is 0 Å². The molecule has 1 aromatic heterocycles. The zero-order valence-corrected chi connectivity index (χ0v) is 14.1. The van der Waals surface area contributed by atoms with E-state index >= 15 is 0 Å². The van der Waals surface area contributed by atoms with Crippen LogP contribution in [0.3, 0.4) is 0 Å². The van der Waals surface area contributed by atoms with Gasteiger partial charge in [-0.1, -0.05) is 34.1 Å². The van der Waals surface area contributed by atoms with Crippen LogP contribution in [0.2, 0.25) is 0 Å². The summed E-state index contributed by atoms with van der Waals surface area (Å²) in [6.45, 7) is 2.51. The van der Waals surface area contributed by atoms with Gasteiger partial charge < -0.3 is 10.1 Å². The van der Waals surface area contributed by atoms with Crippen LogP contribution in [-0.2, 0) is 18.2 Å². The van der Waals surface area contributed by atoms with Gasteiger partial charge in [0.05, 0.1) is 12.8 Å². The Hall–Kier alpha value is -1.17. The Morgan fingerprint density at radius 3 is 2.86 bits per heavy atom. The first kappa shape index (κ1) is 16.2. The van der Waals surface area contributed by atoms with Gasteiger partial charge in [0.1, 0.15) is 0 Å². The normalized spacial score (nSPS) is 12.5. The zero-order valence-electron chi connectivity index (χ0n) is 12.6. The highest BCUT2D eigenvalue weighted by Crippen LogP contribution is 2.27. The second-order valence-electron chi connectivity index (χ2n) is 5.14. The summed E-state index contributed by atoms with van der Waals surface area (Å²) < 4.78 is 8.10. The molecule has 0 amide bonds. The van der Waals surface area contributed by atoms with E-state index < -0.39 is 0 Å². The zero-order chi connectivity index (χ0) is 15.1. The third kappa shape index (κ3) is 4.95. The second kappa shape index (κ2) is 8.32. The van der Waals surface area contributed by atoms with Gasteiger partial charge in [0.15, 0.2) is 0 Å². The lowest BCUT2D eigenvalue weighted by Gasteiger charge is -2.19. The fraction of sp³-hybridized carbons (Fsp3) is 0.438. The first-order valence-corrected chi connectivity index (χ1v) is 7.91. The molecule has 21 heavy (non-hydrogen) atoms. The standard InChI is InChI=1S/C16H22BrN3O/c1-20-12-13(10-19-20)9-14(11-18-7-8-21-2)15-5-3-4-6-16(15)17/h3-6,10,12,14,18H,7-9,11H2,1-2H3. The number of methoxy groups -OCH3 is 1. The lowest BCUT2D eigenvalue weighted by atomic mass is 9.93. The van der Waals surface area contributed by atoms with Crippen molar-refractivity contribution in [1.82, 2.24) is 15.1 Å². The molecule has 5 heteroatoms. The van der Waals surface area contributed by atoms with Crippen molar-refractivity contribution in [3.05, 3.63) is 52.3 Å². The van der Waals surface area contributed by atoms with Gasteiger partial charge in [-0.05, 0) is 23.6 Å². The molecule has 0 saturated heterocycles. The van der Waals surface area contributed by atoms with E-state index in [2.05, 4.69) is 50.7 Å². The molecule has 114 valence electrons. The molecule has 1 N–H and O–H groups in total. The average molecular weight is 352 g/mol. The molecule has 0 saturated carbocycles. The van der Waals surface area contributed by atoms with E-state index in [-0.39, 0.29) is 0 Å². The minimum absolute atomic E-state index is 0.404. The van der Waals surface area contributed by atoms with Crippen LogP contribution in [0.5, 0.6) is 0 Å². The van der Waals surface area contributed by atoms with E-state index in [9.17, 15) is 0 Å². The van der Waals surface area contributed by atoms with Crippen LogP contribution in [0.25, 0.3) is 0 Å². The maximum absolute atomic E-state index is 5.09. The average Bonchev–Trinajstić information content (AvgIpc) is 2.88. The van der Waals surface area contributed by atoms with Crippen molar-refractivity contribution in [2.24, 2.45) is 7.05 Å². The minimum Gasteiger partial charge on any atom is -0.383 e. The number of benzene rings is 1. The van der Waals surface area contributed by atoms with E-state index in [1.165, 1.54) is 11.1 Å². The van der Waals surface area contributed by atoms with Gasteiger partial charge in [-0.15, -0.1) is 0 Å². The largest absolute Gasteiger partial charge is 0.383 e. The third-order valence-electron chi connectivity index (χ3n) is 3.46. The predicted molar refractivity (Wildman–Crippen MR) is 88.5 cm³/mol. The summed E-state index contributed by atoms with van der Waals surface area (Å²) in [7, 11) is 3.68. The summed E-state index contributed by atoms with van der Waals surface area (Å²) in [5.74, 6) is 0.404. The summed E-state index contributed by atoms with van der Waals surface area (Å²) in [4.78, 5) is 0. The number of halogens is 1. The number of nitrogens with zero attached hydrogens (tertiary/aromatic N) is 2. The molecule has 0 bridgehead atoms. The molecule has 2 rings (SSSR count). The number of rotatable bonds is 8. The van der Waals surface area contributed by atoms with Gasteiger partial charge in [0.25, 0.3) is 0 Å². The Labute approximate surface area is 134 Å². The van der Waals surface area contributed by atoms with E-state index in [4.69, 9.17) is 4.74 Å². The number of nitrogens with one attached hydrogen (secondary N) is 1. The van der Waals surface area contributed by atoms with Gasteiger partial charge in [0, 0.05) is 43.8 Å². The molecule has 0 aliphatic carbocycles. The summed E-state index contributed by atoms with van der Waals surface area (Å²) >= 11 is 3.66. The van der Waals surface area contributed by atoms with Crippen molar-refractivity contribution < 1.29 is 4.74 Å².